The van der Waals surface area contributed by atoms with Crippen molar-refractivity contribution in [3.8, 4) is 0 Å². The highest BCUT2D eigenvalue weighted by atomic mass is 16.5. The topological polar surface area (TPSA) is 26.3 Å². The molecule has 0 N–H and O–H groups in total. The van der Waals surface area contributed by atoms with Crippen LogP contribution in [0, 0.1) is 5.41 Å². The quantitative estimate of drug-likeness (QED) is 0.0510. The summed E-state index contributed by atoms with van der Waals surface area (Å²) in [6, 6.07) is 0. The predicted molar refractivity (Wildman–Crippen MR) is 198 cm³/mol. The molecule has 0 fully saturated rings. The molecule has 1 unspecified atom stereocenters. The molecule has 0 aromatic carbocycles. The van der Waals surface area contributed by atoms with Gasteiger partial charge in [0.2, 0.25) is 0 Å². The molecule has 0 amide bonds. The van der Waals surface area contributed by atoms with Gasteiger partial charge < -0.3 is 4.74 Å². The van der Waals surface area contributed by atoms with Gasteiger partial charge in [0, 0.05) is 0 Å². The summed E-state index contributed by atoms with van der Waals surface area (Å²) in [6.45, 7) is 9.68. The van der Waals surface area contributed by atoms with Crippen LogP contribution >= 0.6 is 0 Å². The summed E-state index contributed by atoms with van der Waals surface area (Å²) in [5.41, 5.74) is -0.234. The molecule has 0 aliphatic carbocycles. The molecule has 0 aromatic heterocycles. The number of unbranched alkanes of at least 4 members (excludes halogenated alkanes) is 29. The number of carbonyl (C=O) groups excluding carboxylic acids is 1. The highest BCUT2D eigenvalue weighted by Crippen LogP contribution is 2.36. The minimum absolute atomic E-state index is 0.115. The van der Waals surface area contributed by atoms with Crippen LogP contribution in [-0.4, -0.2) is 12.6 Å². The second-order valence-corrected chi connectivity index (χ2v) is 14.5. The first-order chi connectivity index (χ1) is 21.7. The predicted octanol–water partition coefficient (Wildman–Crippen LogP) is 15.2. The van der Waals surface area contributed by atoms with Crippen LogP contribution in [0.3, 0.4) is 0 Å². The van der Waals surface area contributed by atoms with E-state index in [0.29, 0.717) is 6.61 Å². The Morgan fingerprint density at radius 2 is 0.636 bits per heavy atom. The van der Waals surface area contributed by atoms with Crippen molar-refractivity contribution in [3.05, 3.63) is 0 Å². The number of hydrogen-bond acceptors (Lipinski definition) is 2. The summed E-state index contributed by atoms with van der Waals surface area (Å²) < 4.78 is 5.95. The van der Waals surface area contributed by atoms with E-state index < -0.39 is 0 Å². The van der Waals surface area contributed by atoms with Crippen LogP contribution in [0.2, 0.25) is 0 Å². The van der Waals surface area contributed by atoms with Gasteiger partial charge in [-0.15, -0.1) is 0 Å². The Morgan fingerprint density at radius 1 is 0.364 bits per heavy atom. The number of rotatable bonds is 37. The molecule has 0 heterocycles. The van der Waals surface area contributed by atoms with Crippen LogP contribution in [0.5, 0.6) is 0 Å². The summed E-state index contributed by atoms with van der Waals surface area (Å²) in [4.78, 5) is 13.3. The van der Waals surface area contributed by atoms with E-state index in [9.17, 15) is 4.79 Å². The van der Waals surface area contributed by atoms with Crippen LogP contribution in [0.1, 0.15) is 252 Å². The molecule has 1 atom stereocenters. The maximum atomic E-state index is 13.3. The third kappa shape index (κ3) is 27.8. The second kappa shape index (κ2) is 35.3. The van der Waals surface area contributed by atoms with E-state index in [1.54, 1.807) is 0 Å². The standard InChI is InChI=1S/C42H84O2/c1-5-9-12-14-16-18-20-22-24-25-27-29-31-33-35-37-40-44-41(43)42(8-4,38-11-7-3)39-36-34-32-30-28-26-23-21-19-17-15-13-10-6-2/h5-40H2,1-4H3. The van der Waals surface area contributed by atoms with E-state index in [1.165, 1.54) is 186 Å². The number of ether oxygens (including phenoxy) is 1. The zero-order valence-corrected chi connectivity index (χ0v) is 31.3. The van der Waals surface area contributed by atoms with Crippen molar-refractivity contribution in [3.63, 3.8) is 0 Å². The lowest BCUT2D eigenvalue weighted by Crippen LogP contribution is -2.33. The van der Waals surface area contributed by atoms with Crippen molar-refractivity contribution in [1.82, 2.24) is 0 Å². The average Bonchev–Trinajstić information content (AvgIpc) is 3.04. The molecule has 0 bridgehead atoms. The van der Waals surface area contributed by atoms with Crippen LogP contribution in [0.15, 0.2) is 0 Å². The smallest absolute Gasteiger partial charge is 0.312 e. The Kier molecular flexibility index (Phi) is 34.9. The van der Waals surface area contributed by atoms with Crippen molar-refractivity contribution in [1.29, 1.82) is 0 Å². The van der Waals surface area contributed by atoms with E-state index in [1.807, 2.05) is 0 Å². The highest BCUT2D eigenvalue weighted by Gasteiger charge is 2.36. The molecular weight excluding hydrogens is 536 g/mol. The lowest BCUT2D eigenvalue weighted by molar-refractivity contribution is -0.157. The molecule has 2 heteroatoms. The van der Waals surface area contributed by atoms with Crippen LogP contribution in [-0.2, 0) is 9.53 Å². The molecule has 0 aliphatic rings. The Hall–Kier alpha value is -0.530. The molecule has 0 aliphatic heterocycles. The highest BCUT2D eigenvalue weighted by molar-refractivity contribution is 5.76. The minimum atomic E-state index is -0.234. The number of carbonyl (C=O) groups is 1. The molecule has 0 saturated heterocycles. The minimum Gasteiger partial charge on any atom is -0.465 e. The van der Waals surface area contributed by atoms with Crippen LogP contribution < -0.4 is 0 Å². The van der Waals surface area contributed by atoms with E-state index in [0.717, 1.165) is 38.5 Å². The SMILES string of the molecule is CCCCCCCCCCCCCCCCCCOC(=O)C(CC)(CCCC)CCCCCCCCCCCCCCCC. The molecule has 0 saturated carbocycles. The summed E-state index contributed by atoms with van der Waals surface area (Å²) >= 11 is 0. The Labute approximate surface area is 279 Å². The van der Waals surface area contributed by atoms with Crippen LogP contribution in [0.4, 0.5) is 0 Å². The first kappa shape index (κ1) is 43.5. The molecule has 2 nitrogen and oxygen atoms in total. The monoisotopic (exact) mass is 621 g/mol. The zero-order chi connectivity index (χ0) is 32.2. The number of hydrogen-bond donors (Lipinski definition) is 0. The van der Waals surface area contributed by atoms with Gasteiger partial charge in [0.05, 0.1) is 12.0 Å². The lowest BCUT2D eigenvalue weighted by Gasteiger charge is -2.30. The molecule has 0 rings (SSSR count). The maximum absolute atomic E-state index is 13.3. The van der Waals surface area contributed by atoms with Crippen molar-refractivity contribution in [2.45, 2.75) is 252 Å². The maximum Gasteiger partial charge on any atom is 0.312 e. The van der Waals surface area contributed by atoms with Gasteiger partial charge in [-0.2, -0.15) is 0 Å². The van der Waals surface area contributed by atoms with E-state index in [4.69, 9.17) is 4.74 Å². The molecule has 0 radical (unpaired) electrons. The summed E-state index contributed by atoms with van der Waals surface area (Å²) in [5, 5.41) is 0. The Morgan fingerprint density at radius 3 is 0.955 bits per heavy atom. The first-order valence-electron chi connectivity index (χ1n) is 20.8. The van der Waals surface area contributed by atoms with Crippen LogP contribution in [0.25, 0.3) is 0 Å². The Balaban J connectivity index is 3.85. The van der Waals surface area contributed by atoms with Crippen molar-refractivity contribution in [2.75, 3.05) is 6.61 Å². The third-order valence-electron chi connectivity index (χ3n) is 10.4. The van der Waals surface area contributed by atoms with Gasteiger partial charge in [-0.25, -0.2) is 0 Å². The van der Waals surface area contributed by atoms with Gasteiger partial charge in [0.15, 0.2) is 0 Å². The fourth-order valence-corrected chi connectivity index (χ4v) is 6.97. The fraction of sp³-hybridized carbons (Fsp3) is 0.976. The first-order valence-corrected chi connectivity index (χ1v) is 20.8. The van der Waals surface area contributed by atoms with E-state index in [2.05, 4.69) is 27.7 Å². The van der Waals surface area contributed by atoms with Gasteiger partial charge in [0.25, 0.3) is 0 Å². The van der Waals surface area contributed by atoms with Gasteiger partial charge in [-0.3, -0.25) is 4.79 Å². The number of esters is 1. The van der Waals surface area contributed by atoms with Crippen molar-refractivity contribution in [2.24, 2.45) is 5.41 Å². The lowest BCUT2D eigenvalue weighted by atomic mass is 9.76. The van der Waals surface area contributed by atoms with Gasteiger partial charge in [-0.05, 0) is 25.7 Å². The zero-order valence-electron chi connectivity index (χ0n) is 31.3. The average molecular weight is 621 g/mol. The second-order valence-electron chi connectivity index (χ2n) is 14.5. The normalized spacial score (nSPS) is 12.9. The van der Waals surface area contributed by atoms with Gasteiger partial charge >= 0.3 is 5.97 Å². The summed E-state index contributed by atoms with van der Waals surface area (Å²) in [6.07, 6.45) is 46.6. The molecule has 264 valence electrons. The largest absolute Gasteiger partial charge is 0.465 e. The summed E-state index contributed by atoms with van der Waals surface area (Å²) in [5.74, 6) is 0.115. The molecular formula is C42H84O2. The van der Waals surface area contributed by atoms with Crippen molar-refractivity contribution < 1.29 is 9.53 Å². The van der Waals surface area contributed by atoms with E-state index in [-0.39, 0.29) is 11.4 Å². The summed E-state index contributed by atoms with van der Waals surface area (Å²) in [7, 11) is 0. The third-order valence-corrected chi connectivity index (χ3v) is 10.4. The van der Waals surface area contributed by atoms with E-state index >= 15 is 0 Å². The molecule has 0 aromatic rings. The van der Waals surface area contributed by atoms with Gasteiger partial charge in [0.1, 0.15) is 0 Å². The Bertz CT molecular complexity index is 558. The molecule has 44 heavy (non-hydrogen) atoms. The molecule has 0 spiro atoms. The van der Waals surface area contributed by atoms with Gasteiger partial charge in [-0.1, -0.05) is 227 Å². The fourth-order valence-electron chi connectivity index (χ4n) is 6.97. The van der Waals surface area contributed by atoms with Crippen molar-refractivity contribution >= 4 is 5.97 Å².